The summed E-state index contributed by atoms with van der Waals surface area (Å²) in [4.78, 5) is 9.19. The second-order valence-electron chi connectivity index (χ2n) is 8.27. The molecule has 2 aliphatic rings. The van der Waals surface area contributed by atoms with Crippen molar-refractivity contribution >= 4 is 41.3 Å². The number of para-hydroxylation sites is 2. The summed E-state index contributed by atoms with van der Waals surface area (Å²) in [5.74, 6) is 0.577. The zero-order chi connectivity index (χ0) is 22.6. The van der Waals surface area contributed by atoms with E-state index in [2.05, 4.69) is 37.0 Å². The largest absolute Gasteiger partial charge is 0.573 e. The van der Waals surface area contributed by atoms with Crippen LogP contribution in [0.2, 0.25) is 0 Å². The SMILES string of the molecule is I.NC(=NCc1ccc(N2CCN(CC3CC3)CC2)cc1)Nc1ccccc1OC(F)(F)F. The predicted octanol–water partition coefficient (Wildman–Crippen LogP) is 4.66. The lowest BCUT2D eigenvalue weighted by Gasteiger charge is -2.36. The first kappa shape index (κ1) is 25.4. The molecule has 0 bridgehead atoms. The fourth-order valence-electron chi connectivity index (χ4n) is 3.80. The minimum atomic E-state index is -4.78. The molecule has 0 radical (unpaired) electrons. The van der Waals surface area contributed by atoms with Crippen molar-refractivity contribution in [2.24, 2.45) is 16.6 Å². The number of nitrogens with zero attached hydrogens (tertiary/aromatic N) is 3. The van der Waals surface area contributed by atoms with Crippen LogP contribution in [0.5, 0.6) is 5.75 Å². The third kappa shape index (κ3) is 7.95. The van der Waals surface area contributed by atoms with Gasteiger partial charge in [0.1, 0.15) is 0 Å². The van der Waals surface area contributed by atoms with Gasteiger partial charge in [0.15, 0.2) is 11.7 Å². The maximum atomic E-state index is 12.5. The molecule has 4 rings (SSSR count). The lowest BCUT2D eigenvalue weighted by atomic mass is 10.1. The zero-order valence-corrected chi connectivity index (χ0v) is 20.6. The zero-order valence-electron chi connectivity index (χ0n) is 18.2. The Morgan fingerprint density at radius 1 is 1.03 bits per heavy atom. The number of anilines is 2. The Hall–Kier alpha value is -2.21. The number of rotatable bonds is 7. The van der Waals surface area contributed by atoms with Gasteiger partial charge in [-0.25, -0.2) is 4.99 Å². The Labute approximate surface area is 209 Å². The Bertz CT molecular complexity index is 926. The van der Waals surface area contributed by atoms with Gasteiger partial charge in [0, 0.05) is 38.4 Å². The number of piperazine rings is 1. The summed E-state index contributed by atoms with van der Waals surface area (Å²) in [6, 6.07) is 13.9. The van der Waals surface area contributed by atoms with Crippen LogP contribution in [0.1, 0.15) is 18.4 Å². The number of hydrogen-bond donors (Lipinski definition) is 2. The van der Waals surface area contributed by atoms with E-state index in [4.69, 9.17) is 5.73 Å². The molecule has 2 aromatic carbocycles. The number of aliphatic imine (C=N–C) groups is 1. The highest BCUT2D eigenvalue weighted by Gasteiger charge is 2.32. The summed E-state index contributed by atoms with van der Waals surface area (Å²) < 4.78 is 41.7. The van der Waals surface area contributed by atoms with Crippen LogP contribution < -0.4 is 20.7 Å². The number of nitrogens with one attached hydrogen (secondary N) is 1. The average molecular weight is 575 g/mol. The van der Waals surface area contributed by atoms with Gasteiger partial charge in [0.05, 0.1) is 12.2 Å². The van der Waals surface area contributed by atoms with E-state index in [0.29, 0.717) is 6.54 Å². The molecule has 33 heavy (non-hydrogen) atoms. The van der Waals surface area contributed by atoms with Crippen molar-refractivity contribution in [1.29, 1.82) is 0 Å². The number of hydrogen-bond acceptors (Lipinski definition) is 4. The third-order valence-electron chi connectivity index (χ3n) is 5.69. The van der Waals surface area contributed by atoms with Gasteiger partial charge >= 0.3 is 6.36 Å². The van der Waals surface area contributed by atoms with Crippen LogP contribution in [0.3, 0.4) is 0 Å². The molecule has 10 heteroatoms. The topological polar surface area (TPSA) is 66.1 Å². The van der Waals surface area contributed by atoms with E-state index in [1.54, 1.807) is 6.07 Å². The smallest absolute Gasteiger partial charge is 0.404 e. The van der Waals surface area contributed by atoms with E-state index in [1.807, 2.05) is 12.1 Å². The molecule has 1 saturated heterocycles. The summed E-state index contributed by atoms with van der Waals surface area (Å²) in [5.41, 5.74) is 8.13. The first-order chi connectivity index (χ1) is 15.4. The molecule has 1 heterocycles. The lowest BCUT2D eigenvalue weighted by Crippen LogP contribution is -2.47. The van der Waals surface area contributed by atoms with Crippen molar-refractivity contribution < 1.29 is 17.9 Å². The number of alkyl halides is 3. The first-order valence-corrected chi connectivity index (χ1v) is 10.8. The normalized spacial score (nSPS) is 17.4. The Morgan fingerprint density at radius 2 is 1.70 bits per heavy atom. The predicted molar refractivity (Wildman–Crippen MR) is 135 cm³/mol. The first-order valence-electron chi connectivity index (χ1n) is 10.8. The molecule has 0 unspecified atom stereocenters. The molecule has 0 spiro atoms. The molecule has 180 valence electrons. The molecule has 2 fully saturated rings. The summed E-state index contributed by atoms with van der Waals surface area (Å²) in [6.45, 7) is 5.82. The second kappa shape index (κ2) is 11.3. The quantitative estimate of drug-likeness (QED) is 0.286. The van der Waals surface area contributed by atoms with Crippen molar-refractivity contribution in [3.8, 4) is 5.75 Å². The molecule has 3 N–H and O–H groups in total. The summed E-state index contributed by atoms with van der Waals surface area (Å²) in [5, 5.41) is 2.68. The minimum Gasteiger partial charge on any atom is -0.404 e. The molecule has 1 saturated carbocycles. The molecular formula is C23H29F3IN5O. The fraction of sp³-hybridized carbons (Fsp3) is 0.435. The van der Waals surface area contributed by atoms with Crippen molar-refractivity contribution in [3.05, 3.63) is 54.1 Å². The molecule has 1 aliphatic carbocycles. The molecule has 1 aliphatic heterocycles. The van der Waals surface area contributed by atoms with E-state index < -0.39 is 6.36 Å². The highest BCUT2D eigenvalue weighted by molar-refractivity contribution is 14.0. The Kier molecular flexibility index (Phi) is 8.69. The monoisotopic (exact) mass is 575 g/mol. The van der Waals surface area contributed by atoms with Crippen LogP contribution in [-0.2, 0) is 6.54 Å². The van der Waals surface area contributed by atoms with Gasteiger partial charge in [0.2, 0.25) is 0 Å². The van der Waals surface area contributed by atoms with E-state index in [1.165, 1.54) is 43.3 Å². The maximum absolute atomic E-state index is 12.5. The van der Waals surface area contributed by atoms with Gasteiger partial charge in [-0.15, -0.1) is 37.1 Å². The third-order valence-corrected chi connectivity index (χ3v) is 5.69. The number of ether oxygens (including phenoxy) is 1. The van der Waals surface area contributed by atoms with Gasteiger partial charge in [-0.3, -0.25) is 4.90 Å². The van der Waals surface area contributed by atoms with Crippen LogP contribution in [-0.4, -0.2) is 49.9 Å². The second-order valence-corrected chi connectivity index (χ2v) is 8.27. The van der Waals surface area contributed by atoms with Crippen molar-refractivity contribution in [1.82, 2.24) is 4.90 Å². The Morgan fingerprint density at radius 3 is 2.33 bits per heavy atom. The molecule has 6 nitrogen and oxygen atoms in total. The van der Waals surface area contributed by atoms with Crippen LogP contribution >= 0.6 is 24.0 Å². The van der Waals surface area contributed by atoms with Crippen molar-refractivity contribution in [2.75, 3.05) is 42.9 Å². The van der Waals surface area contributed by atoms with E-state index in [9.17, 15) is 13.2 Å². The lowest BCUT2D eigenvalue weighted by molar-refractivity contribution is -0.274. The summed E-state index contributed by atoms with van der Waals surface area (Å²) >= 11 is 0. The van der Waals surface area contributed by atoms with Crippen LogP contribution in [0, 0.1) is 5.92 Å². The average Bonchev–Trinajstić information content (AvgIpc) is 3.58. The molecule has 2 aromatic rings. The van der Waals surface area contributed by atoms with E-state index in [0.717, 1.165) is 37.7 Å². The molecular weight excluding hydrogens is 546 g/mol. The van der Waals surface area contributed by atoms with Gasteiger partial charge in [-0.1, -0.05) is 24.3 Å². The molecule has 0 aromatic heterocycles. The van der Waals surface area contributed by atoms with Gasteiger partial charge in [-0.2, -0.15) is 0 Å². The van der Waals surface area contributed by atoms with Crippen LogP contribution in [0.25, 0.3) is 0 Å². The summed E-state index contributed by atoms with van der Waals surface area (Å²) in [7, 11) is 0. The molecule has 0 atom stereocenters. The highest BCUT2D eigenvalue weighted by Crippen LogP contribution is 2.31. The van der Waals surface area contributed by atoms with Crippen molar-refractivity contribution in [2.45, 2.75) is 25.7 Å². The number of guanidine groups is 1. The Balaban J connectivity index is 0.00000306. The molecule has 0 amide bonds. The standard InChI is InChI=1S/C23H28F3N5O.HI/c24-23(25,26)32-21-4-2-1-3-20(21)29-22(27)28-15-17-7-9-19(10-8-17)31-13-11-30(12-14-31)16-18-5-6-18;/h1-4,7-10,18H,5-6,11-16H2,(H3,27,28,29);1H. The van der Waals surface area contributed by atoms with Crippen LogP contribution in [0.15, 0.2) is 53.5 Å². The van der Waals surface area contributed by atoms with Gasteiger partial charge < -0.3 is 20.7 Å². The number of halogens is 4. The highest BCUT2D eigenvalue weighted by atomic mass is 127. The number of nitrogens with two attached hydrogens (primary N) is 1. The fourth-order valence-corrected chi connectivity index (χ4v) is 3.80. The van der Waals surface area contributed by atoms with Gasteiger partial charge in [-0.05, 0) is 48.6 Å². The van der Waals surface area contributed by atoms with Gasteiger partial charge in [0.25, 0.3) is 0 Å². The maximum Gasteiger partial charge on any atom is 0.573 e. The van der Waals surface area contributed by atoms with Crippen LogP contribution in [0.4, 0.5) is 24.5 Å². The van der Waals surface area contributed by atoms with E-state index >= 15 is 0 Å². The van der Waals surface area contributed by atoms with Crippen molar-refractivity contribution in [3.63, 3.8) is 0 Å². The summed E-state index contributed by atoms with van der Waals surface area (Å²) in [6.07, 6.45) is -2.01. The van der Waals surface area contributed by atoms with E-state index in [-0.39, 0.29) is 41.4 Å². The minimum absolute atomic E-state index is 0. The number of benzene rings is 2.